The fourth-order valence-electron chi connectivity index (χ4n) is 21.0. The van der Waals surface area contributed by atoms with Gasteiger partial charge in [-0.15, -0.1) is 22.7 Å². The Balaban J connectivity index is 0.858. The van der Waals surface area contributed by atoms with Crippen LogP contribution in [0, 0.1) is 25.7 Å². The first-order valence-corrected chi connectivity index (χ1v) is 57.5. The smallest absolute Gasteiger partial charge is 0.259 e. The van der Waals surface area contributed by atoms with Crippen LogP contribution in [0.4, 0.5) is 11.4 Å². The Kier molecular flexibility index (Phi) is 53.8. The molecule has 0 radical (unpaired) electrons. The van der Waals surface area contributed by atoms with Gasteiger partial charge >= 0.3 is 0 Å². The van der Waals surface area contributed by atoms with E-state index in [0.717, 1.165) is 69.1 Å². The van der Waals surface area contributed by atoms with Crippen molar-refractivity contribution in [2.45, 2.75) is 514 Å². The molecule has 4 aliphatic heterocycles. The van der Waals surface area contributed by atoms with Crippen LogP contribution in [0.25, 0.3) is 43.2 Å². The van der Waals surface area contributed by atoms with Gasteiger partial charge in [0.1, 0.15) is 0 Å². The van der Waals surface area contributed by atoms with Crippen molar-refractivity contribution in [2.24, 2.45) is 11.8 Å². The Bertz CT molecular complexity index is 3600. The molecule has 4 aliphatic rings. The fraction of sp³-hybridized carbons (Fsp3) is 0.707. The highest BCUT2D eigenvalue weighted by molar-refractivity contribution is 8.16. The van der Waals surface area contributed by atoms with Crippen LogP contribution in [0.2, 0.25) is 0 Å². The minimum atomic E-state index is -0.140. The standard InChI is InChI=1S/C116H180N2O4S4/c1-7-11-15-19-23-27-31-35-39-43-47-51-55-59-63-67-73-95(74-68-64-60-56-52-48-44-40-36-32-28-24-20-16-12-8-2)77-71-87-117-103-89-97(105-85-79-93(5)123-105)81-83-99(103)109(113(117)119)111-101-91-108-102(92-107(101)125-115(111)121)112(116(122)126-108)110-100-84-82-98(106-86-80-94(6)124-106)90-104(100)118(114(110)120)88-72-78-96(75-69-65-61-57-53-49-45-41-37-33-29-25-21-17-13-9-3)76-70-66-62-58-54-50-46-42-38-34-30-26-22-18-14-10-4/h79-86,89-92,95-96H,7-78,87-88H2,1-6H3/b111-109+,112-110+. The third-order valence-electron chi connectivity index (χ3n) is 28.9. The van der Waals surface area contributed by atoms with Crippen molar-refractivity contribution in [2.75, 3.05) is 22.9 Å². The van der Waals surface area contributed by atoms with Gasteiger partial charge < -0.3 is 9.80 Å². The highest BCUT2D eigenvalue weighted by Gasteiger charge is 2.44. The monoisotopic (exact) mass is 1790 g/mol. The number of aryl methyl sites for hydroxylation is 2. The quantitative estimate of drug-likeness (QED) is 0.0285. The number of carbonyl (C=O) groups excluding carboxylic acids is 4. The van der Waals surface area contributed by atoms with Crippen molar-refractivity contribution in [1.82, 2.24) is 0 Å². The number of thiophene rings is 2. The molecule has 6 heterocycles. The molecule has 5 aromatic rings. The number of rotatable bonds is 78. The highest BCUT2D eigenvalue weighted by Crippen LogP contribution is 2.56. The molecule has 2 amide bonds. The summed E-state index contributed by atoms with van der Waals surface area (Å²) in [7, 11) is 0. The Morgan fingerprint density at radius 1 is 0.238 bits per heavy atom. The van der Waals surface area contributed by atoms with E-state index in [-0.39, 0.29) is 22.0 Å². The number of thioether (sulfide) groups is 2. The molecule has 0 atom stereocenters. The van der Waals surface area contributed by atoms with Crippen molar-refractivity contribution >= 4 is 102 Å². The molecule has 6 nitrogen and oxygen atoms in total. The van der Waals surface area contributed by atoms with Crippen LogP contribution >= 0.6 is 46.2 Å². The van der Waals surface area contributed by atoms with Crippen molar-refractivity contribution in [3.8, 4) is 20.9 Å². The number of fused-ring (bicyclic) bond motifs is 4. The first-order valence-electron chi connectivity index (χ1n) is 54.2. The van der Waals surface area contributed by atoms with E-state index in [1.54, 1.807) is 22.7 Å². The summed E-state index contributed by atoms with van der Waals surface area (Å²) in [4.78, 5) is 72.1. The number of amides is 2. The lowest BCUT2D eigenvalue weighted by atomic mass is 9.90. The summed E-state index contributed by atoms with van der Waals surface area (Å²) in [6.45, 7) is 14.7. The zero-order chi connectivity index (χ0) is 88.7. The van der Waals surface area contributed by atoms with Crippen LogP contribution in [0.5, 0.6) is 0 Å². The van der Waals surface area contributed by atoms with Gasteiger partial charge in [-0.3, -0.25) is 19.2 Å². The number of benzene rings is 3. The third-order valence-corrected chi connectivity index (χ3v) is 32.9. The second-order valence-corrected chi connectivity index (χ2v) is 44.3. The van der Waals surface area contributed by atoms with Crippen molar-refractivity contribution in [3.63, 3.8) is 0 Å². The summed E-state index contributed by atoms with van der Waals surface area (Å²) in [5.74, 6) is 1.07. The van der Waals surface area contributed by atoms with E-state index < -0.39 is 0 Å². The summed E-state index contributed by atoms with van der Waals surface area (Å²) in [6.07, 6.45) is 97.6. The van der Waals surface area contributed by atoms with Crippen LogP contribution in [0.15, 0.2) is 82.6 Å². The molecule has 0 aliphatic carbocycles. The molecule has 0 bridgehead atoms. The largest absolute Gasteiger partial charge is 0.308 e. The molecule has 0 spiro atoms. The van der Waals surface area contributed by atoms with Crippen LogP contribution in [-0.2, 0) is 19.2 Å². The van der Waals surface area contributed by atoms with Crippen molar-refractivity contribution in [3.05, 3.63) is 105 Å². The van der Waals surface area contributed by atoms with Crippen LogP contribution in [0.3, 0.4) is 0 Å². The molecule has 10 heteroatoms. The van der Waals surface area contributed by atoms with Gasteiger partial charge in [0.25, 0.3) is 11.8 Å². The van der Waals surface area contributed by atoms with E-state index in [2.05, 4.69) is 102 Å². The predicted molar refractivity (Wildman–Crippen MR) is 558 cm³/mol. The van der Waals surface area contributed by atoms with Gasteiger partial charge in [-0.1, -0.05) is 489 Å². The molecular weight excluding hydrogens is 1610 g/mol. The number of hydrogen-bond acceptors (Lipinski definition) is 8. The molecule has 3 aromatic carbocycles. The van der Waals surface area contributed by atoms with E-state index in [0.29, 0.717) is 58.3 Å². The number of hydrogen-bond donors (Lipinski definition) is 0. The SMILES string of the molecule is CCCCCCCCCCCCCCCCCCC(CCCCCCCCCCCCCCCCCC)CCCN1C(=O)/C(=C2/C(=O)Sc3cc4c(cc32)SC(=O)/C4=C2/C(=O)N(CCCC(CCCCCCCCCCCCCCCCCC)CCCCCCCCCCCCCCCCCC)c3cc(-c4ccc(C)s4)ccc32)c2ccc(-c3ccc(C)s3)cc21. The van der Waals surface area contributed by atoms with Gasteiger partial charge in [-0.05, 0) is 135 Å². The topological polar surface area (TPSA) is 74.8 Å². The van der Waals surface area contributed by atoms with Crippen molar-refractivity contribution < 1.29 is 19.2 Å². The molecule has 0 saturated carbocycles. The summed E-state index contributed by atoms with van der Waals surface area (Å²) < 4.78 is 0. The molecule has 126 heavy (non-hydrogen) atoms. The van der Waals surface area contributed by atoms with Gasteiger partial charge in [-0.25, -0.2) is 0 Å². The summed E-state index contributed by atoms with van der Waals surface area (Å²) in [5.41, 5.74) is 8.86. The molecule has 0 N–H and O–H groups in total. The number of carbonyl (C=O) groups is 4. The van der Waals surface area contributed by atoms with Crippen LogP contribution in [0.1, 0.15) is 522 Å². The predicted octanol–water partition coefficient (Wildman–Crippen LogP) is 38.9. The maximum atomic E-state index is 15.7. The average molecular weight is 1790 g/mol. The van der Waals surface area contributed by atoms with Gasteiger partial charge in [0, 0.05) is 64.6 Å². The number of unbranched alkanes of at least 4 members (excludes halogenated alkanes) is 60. The molecule has 0 fully saturated rings. The normalized spacial score (nSPS) is 15.0. The molecule has 9 rings (SSSR count). The Labute approximate surface area is 789 Å². The minimum absolute atomic E-state index is 0.0995. The van der Waals surface area contributed by atoms with E-state index in [9.17, 15) is 0 Å². The van der Waals surface area contributed by atoms with E-state index in [1.165, 1.54) is 480 Å². The summed E-state index contributed by atoms with van der Waals surface area (Å²) >= 11 is 5.90. The molecule has 0 unspecified atom stereocenters. The average Bonchev–Trinajstić information content (AvgIpc) is 1.56. The summed E-state index contributed by atoms with van der Waals surface area (Å²) in [6, 6.07) is 25.7. The van der Waals surface area contributed by atoms with Gasteiger partial charge in [0.2, 0.25) is 10.2 Å². The van der Waals surface area contributed by atoms with E-state index in [4.69, 9.17) is 0 Å². The molecule has 2 aromatic heterocycles. The fourth-order valence-corrected chi connectivity index (χ4v) is 24.7. The Morgan fingerprint density at radius 2 is 0.460 bits per heavy atom. The first kappa shape index (κ1) is 105. The second-order valence-electron chi connectivity index (χ2n) is 39.7. The maximum Gasteiger partial charge on any atom is 0.259 e. The lowest BCUT2D eigenvalue weighted by molar-refractivity contribution is -0.113. The lowest BCUT2D eigenvalue weighted by Crippen LogP contribution is -2.28. The molecule has 702 valence electrons. The molecular formula is C116H180N2O4S4. The second kappa shape index (κ2) is 64.4. The maximum absolute atomic E-state index is 15.7. The number of nitrogens with zero attached hydrogens (tertiary/aromatic N) is 2. The van der Waals surface area contributed by atoms with E-state index >= 15 is 19.2 Å². The zero-order valence-corrected chi connectivity index (χ0v) is 84.8. The number of anilines is 2. The van der Waals surface area contributed by atoms with Gasteiger partial charge in [0.15, 0.2) is 0 Å². The Morgan fingerprint density at radius 3 is 0.683 bits per heavy atom. The Hall–Kier alpha value is -4.48. The van der Waals surface area contributed by atoms with Crippen molar-refractivity contribution in [1.29, 1.82) is 0 Å². The van der Waals surface area contributed by atoms with Crippen LogP contribution in [-0.4, -0.2) is 35.1 Å². The minimum Gasteiger partial charge on any atom is -0.308 e. The molecule has 0 saturated heterocycles. The van der Waals surface area contributed by atoms with Gasteiger partial charge in [-0.2, -0.15) is 0 Å². The third kappa shape index (κ3) is 37.5. The van der Waals surface area contributed by atoms with Gasteiger partial charge in [0.05, 0.1) is 33.7 Å². The lowest BCUT2D eigenvalue weighted by Gasteiger charge is -2.21. The summed E-state index contributed by atoms with van der Waals surface area (Å²) in [5, 5.41) is -0.280. The zero-order valence-electron chi connectivity index (χ0n) is 81.6. The highest BCUT2D eigenvalue weighted by atomic mass is 32.2. The van der Waals surface area contributed by atoms with Crippen LogP contribution < -0.4 is 9.80 Å². The van der Waals surface area contributed by atoms with E-state index in [1.807, 2.05) is 21.9 Å². The first-order chi connectivity index (χ1) is 62.0.